The van der Waals surface area contributed by atoms with Crippen LogP contribution in [0.4, 0.5) is 0 Å². The highest BCUT2D eigenvalue weighted by molar-refractivity contribution is 4.93. The van der Waals surface area contributed by atoms with Gasteiger partial charge < -0.3 is 5.32 Å². The molecule has 1 N–H and O–H groups in total. The van der Waals surface area contributed by atoms with Crippen LogP contribution in [0.15, 0.2) is 0 Å². The lowest BCUT2D eigenvalue weighted by Gasteiger charge is -2.41. The lowest BCUT2D eigenvalue weighted by Crippen LogP contribution is -2.46. The minimum absolute atomic E-state index is 0.800. The van der Waals surface area contributed by atoms with Crippen LogP contribution in [0.5, 0.6) is 0 Å². The van der Waals surface area contributed by atoms with Crippen LogP contribution in [-0.2, 0) is 0 Å². The smallest absolute Gasteiger partial charge is 0.00978 e. The van der Waals surface area contributed by atoms with Crippen LogP contribution in [0.1, 0.15) is 90.4 Å². The Balaban J connectivity index is 1.48. The van der Waals surface area contributed by atoms with E-state index >= 15 is 0 Å². The lowest BCUT2D eigenvalue weighted by molar-refractivity contribution is 0.145. The van der Waals surface area contributed by atoms with E-state index in [-0.39, 0.29) is 0 Å². The quantitative estimate of drug-likeness (QED) is 0.751. The molecule has 0 amide bonds. The van der Waals surface area contributed by atoms with Crippen LogP contribution in [-0.4, -0.2) is 12.1 Å². The van der Waals surface area contributed by atoms with Crippen LogP contribution in [0, 0.1) is 11.3 Å². The molecule has 2 unspecified atom stereocenters. The predicted molar refractivity (Wildman–Crippen MR) is 82.3 cm³/mol. The zero-order chi connectivity index (χ0) is 13.1. The fourth-order valence-electron chi connectivity index (χ4n) is 5.24. The molecule has 3 aliphatic rings. The highest BCUT2D eigenvalue weighted by Gasteiger charge is 2.38. The molecule has 3 aliphatic carbocycles. The first kappa shape index (κ1) is 13.9. The van der Waals surface area contributed by atoms with Gasteiger partial charge in [0.1, 0.15) is 0 Å². The Morgan fingerprint density at radius 3 is 2.21 bits per heavy atom. The van der Waals surface area contributed by atoms with Gasteiger partial charge in [-0.3, -0.25) is 0 Å². The van der Waals surface area contributed by atoms with Crippen LogP contribution in [0.2, 0.25) is 0 Å². The summed E-state index contributed by atoms with van der Waals surface area (Å²) in [6.45, 7) is 2.39. The van der Waals surface area contributed by atoms with E-state index in [2.05, 4.69) is 12.2 Å². The number of nitrogens with one attached hydrogen (secondary N) is 1. The van der Waals surface area contributed by atoms with Crippen LogP contribution in [0.25, 0.3) is 0 Å². The number of hydrogen-bond donors (Lipinski definition) is 1. The summed E-state index contributed by atoms with van der Waals surface area (Å²) in [5.74, 6) is 0.969. The largest absolute Gasteiger partial charge is 0.311 e. The molecule has 1 spiro atoms. The van der Waals surface area contributed by atoms with Gasteiger partial charge in [0.2, 0.25) is 0 Å². The molecule has 0 aliphatic heterocycles. The van der Waals surface area contributed by atoms with Crippen molar-refractivity contribution in [2.24, 2.45) is 11.3 Å². The molecule has 3 saturated carbocycles. The van der Waals surface area contributed by atoms with E-state index in [1.165, 1.54) is 70.6 Å². The molecule has 0 aromatic carbocycles. The van der Waals surface area contributed by atoms with Gasteiger partial charge in [0.05, 0.1) is 0 Å². The Morgan fingerprint density at radius 2 is 1.53 bits per heavy atom. The van der Waals surface area contributed by atoms with Gasteiger partial charge in [-0.25, -0.2) is 0 Å². The standard InChI is InChI=1S/C18H33N/c1-2-15-7-3-4-8-17(15)19-16-9-13-18(14-10-16)11-5-6-12-18/h15-17,19H,2-14H2,1H3. The summed E-state index contributed by atoms with van der Waals surface area (Å²) in [5.41, 5.74) is 0.800. The zero-order valence-electron chi connectivity index (χ0n) is 12.9. The first-order valence-corrected chi connectivity index (χ1v) is 9.07. The third-order valence-corrected chi connectivity index (χ3v) is 6.59. The Labute approximate surface area is 119 Å². The van der Waals surface area contributed by atoms with Gasteiger partial charge in [-0.15, -0.1) is 0 Å². The van der Waals surface area contributed by atoms with Crippen molar-refractivity contribution in [1.29, 1.82) is 0 Å². The first-order valence-electron chi connectivity index (χ1n) is 9.07. The van der Waals surface area contributed by atoms with E-state index in [0.29, 0.717) is 0 Å². The number of rotatable bonds is 3. The number of hydrogen-bond acceptors (Lipinski definition) is 1. The van der Waals surface area contributed by atoms with Crippen molar-refractivity contribution < 1.29 is 0 Å². The van der Waals surface area contributed by atoms with Gasteiger partial charge in [-0.1, -0.05) is 39.0 Å². The van der Waals surface area contributed by atoms with E-state index in [0.717, 1.165) is 23.4 Å². The van der Waals surface area contributed by atoms with Crippen LogP contribution in [0.3, 0.4) is 0 Å². The molecule has 0 aromatic rings. The lowest BCUT2D eigenvalue weighted by atomic mass is 9.71. The Bertz CT molecular complexity index is 269. The summed E-state index contributed by atoms with van der Waals surface area (Å²) in [6, 6.07) is 1.70. The second kappa shape index (κ2) is 6.16. The molecule has 2 atom stereocenters. The van der Waals surface area contributed by atoms with E-state index in [1.54, 1.807) is 12.8 Å². The van der Waals surface area contributed by atoms with Gasteiger partial charge in [-0.2, -0.15) is 0 Å². The maximum absolute atomic E-state index is 4.07. The monoisotopic (exact) mass is 263 g/mol. The summed E-state index contributed by atoms with van der Waals surface area (Å²) in [6.07, 6.45) is 19.3. The van der Waals surface area contributed by atoms with E-state index < -0.39 is 0 Å². The molecule has 19 heavy (non-hydrogen) atoms. The predicted octanol–water partition coefficient (Wildman–Crippen LogP) is 5.05. The molecular formula is C18H33N. The van der Waals surface area contributed by atoms with E-state index in [9.17, 15) is 0 Å². The van der Waals surface area contributed by atoms with Gasteiger partial charge >= 0.3 is 0 Å². The zero-order valence-corrected chi connectivity index (χ0v) is 12.9. The summed E-state index contributed by atoms with van der Waals surface area (Å²) < 4.78 is 0. The van der Waals surface area contributed by atoms with Crippen LogP contribution >= 0.6 is 0 Å². The Kier molecular flexibility index (Phi) is 4.51. The molecule has 110 valence electrons. The second-order valence-corrected chi connectivity index (χ2v) is 7.71. The van der Waals surface area contributed by atoms with Crippen molar-refractivity contribution in [1.82, 2.24) is 5.32 Å². The second-order valence-electron chi connectivity index (χ2n) is 7.71. The van der Waals surface area contributed by atoms with E-state index in [4.69, 9.17) is 0 Å². The molecule has 0 radical (unpaired) electrons. The van der Waals surface area contributed by atoms with Crippen molar-refractivity contribution in [2.75, 3.05) is 0 Å². The molecule has 0 bridgehead atoms. The fraction of sp³-hybridized carbons (Fsp3) is 1.00. The summed E-state index contributed by atoms with van der Waals surface area (Å²) >= 11 is 0. The molecule has 3 rings (SSSR count). The fourth-order valence-corrected chi connectivity index (χ4v) is 5.24. The SMILES string of the molecule is CCC1CCCCC1NC1CCC2(CCCC2)CC1. The third-order valence-electron chi connectivity index (χ3n) is 6.59. The average molecular weight is 263 g/mol. The first-order chi connectivity index (χ1) is 9.31. The highest BCUT2D eigenvalue weighted by Crippen LogP contribution is 2.49. The van der Waals surface area contributed by atoms with Crippen molar-refractivity contribution in [3.05, 3.63) is 0 Å². The molecule has 3 fully saturated rings. The Morgan fingerprint density at radius 1 is 0.842 bits per heavy atom. The van der Waals surface area contributed by atoms with Crippen molar-refractivity contribution >= 4 is 0 Å². The molecule has 0 saturated heterocycles. The normalized spacial score (nSPS) is 35.8. The van der Waals surface area contributed by atoms with Crippen molar-refractivity contribution in [3.63, 3.8) is 0 Å². The van der Waals surface area contributed by atoms with Crippen molar-refractivity contribution in [2.45, 2.75) is 102 Å². The van der Waals surface area contributed by atoms with Gasteiger partial charge in [0, 0.05) is 12.1 Å². The molecule has 0 heterocycles. The van der Waals surface area contributed by atoms with Gasteiger partial charge in [-0.05, 0) is 62.7 Å². The maximum atomic E-state index is 4.07. The molecular weight excluding hydrogens is 230 g/mol. The maximum Gasteiger partial charge on any atom is 0.00978 e. The molecule has 0 aromatic heterocycles. The molecule has 1 heteroatoms. The summed E-state index contributed by atoms with van der Waals surface area (Å²) in [7, 11) is 0. The van der Waals surface area contributed by atoms with Gasteiger partial charge in [0.15, 0.2) is 0 Å². The third kappa shape index (κ3) is 3.17. The Hall–Kier alpha value is -0.0400. The van der Waals surface area contributed by atoms with Gasteiger partial charge in [0.25, 0.3) is 0 Å². The van der Waals surface area contributed by atoms with Crippen molar-refractivity contribution in [3.8, 4) is 0 Å². The minimum atomic E-state index is 0.800. The molecule has 1 nitrogen and oxygen atoms in total. The minimum Gasteiger partial charge on any atom is -0.311 e. The highest BCUT2D eigenvalue weighted by atomic mass is 15.0. The average Bonchev–Trinajstić information content (AvgIpc) is 2.91. The van der Waals surface area contributed by atoms with Crippen LogP contribution < -0.4 is 5.32 Å². The van der Waals surface area contributed by atoms with E-state index in [1.807, 2.05) is 0 Å². The summed E-state index contributed by atoms with van der Waals surface area (Å²) in [5, 5.41) is 4.07. The topological polar surface area (TPSA) is 12.0 Å². The summed E-state index contributed by atoms with van der Waals surface area (Å²) in [4.78, 5) is 0.